The third kappa shape index (κ3) is 5.42. The number of oxime groups is 1. The molecule has 2 aliphatic rings. The number of carboxylic acids is 1. The van der Waals surface area contributed by atoms with Gasteiger partial charge in [-0.2, -0.15) is 0 Å². The number of β-lactam (4-membered cyclic amide) rings is 1. The van der Waals surface area contributed by atoms with Gasteiger partial charge in [0, 0.05) is 17.5 Å². The molecule has 3 amide bonds. The highest BCUT2D eigenvalue weighted by Crippen LogP contribution is 2.47. The molecule has 4 heterocycles. The van der Waals surface area contributed by atoms with E-state index in [0.717, 1.165) is 0 Å². The monoisotopic (exact) mass is 563 g/mol. The van der Waals surface area contributed by atoms with Gasteiger partial charge < -0.3 is 25.5 Å². The predicted octanol–water partition coefficient (Wildman–Crippen LogP) is -0.0546. The molecule has 2 fully saturated rings. The molecule has 3 unspecified atom stereocenters. The van der Waals surface area contributed by atoms with Crippen molar-refractivity contribution in [3.8, 4) is 0 Å². The van der Waals surface area contributed by atoms with E-state index in [1.54, 1.807) is 19.1 Å². The van der Waals surface area contributed by atoms with E-state index in [4.69, 9.17) is 4.84 Å². The fraction of sp³-hybridized carbons (Fsp3) is 0.476. The zero-order valence-corrected chi connectivity index (χ0v) is 22.0. The third-order valence-electron chi connectivity index (χ3n) is 6.08. The maximum atomic E-state index is 13.2. The minimum Gasteiger partial charge on any atom is -0.481 e. The molecule has 0 spiro atoms. The van der Waals surface area contributed by atoms with E-state index < -0.39 is 39.9 Å². The number of anilines is 1. The van der Waals surface area contributed by atoms with Crippen LogP contribution in [0.25, 0.3) is 0 Å². The molecule has 4 N–H and O–H groups in total. The summed E-state index contributed by atoms with van der Waals surface area (Å²) in [4.78, 5) is 60.3. The zero-order valence-electron chi connectivity index (χ0n) is 20.4. The number of nitrogens with zero attached hydrogens (tertiary/aromatic N) is 6. The standard InChI is InChI=1S/C21H25N9O6S2/c1-3-7-36-27-14(12-5-4-6-13(23-12)22-10-31)16(32)24-15-17(33)30-8-21(19(34)35,9-37-18(15)30)11(2)38-20-25-28-29-26-20/h4-6,10-11,15,18H,3,7-9H2,1-2H3,(H,24,32)(H,34,35)(H,22,23,31)(H,25,26,28,29)/t11?,15?,18-,21?/m1/s1. The Morgan fingerprint density at radius 2 is 2.29 bits per heavy atom. The van der Waals surface area contributed by atoms with Crippen molar-refractivity contribution >= 4 is 59.2 Å². The maximum Gasteiger partial charge on any atom is 0.313 e. The summed E-state index contributed by atoms with van der Waals surface area (Å²) in [5.41, 5.74) is -1.27. The molecule has 4 rings (SSSR count). The Morgan fingerprint density at radius 1 is 1.47 bits per heavy atom. The van der Waals surface area contributed by atoms with E-state index in [1.807, 2.05) is 6.92 Å². The number of aliphatic carboxylic acids is 1. The number of tetrazole rings is 1. The zero-order chi connectivity index (χ0) is 27.3. The number of rotatable bonds is 12. The second-order valence-corrected chi connectivity index (χ2v) is 10.9. The van der Waals surface area contributed by atoms with Gasteiger partial charge in [0.1, 0.15) is 34.9 Å². The van der Waals surface area contributed by atoms with Gasteiger partial charge in [0.15, 0.2) is 5.71 Å². The highest BCUT2D eigenvalue weighted by atomic mass is 32.2. The molecule has 2 aromatic rings. The van der Waals surface area contributed by atoms with Gasteiger partial charge in [-0.1, -0.05) is 36.8 Å². The van der Waals surface area contributed by atoms with E-state index >= 15 is 0 Å². The number of aromatic amines is 1. The lowest BCUT2D eigenvalue weighted by atomic mass is 9.84. The Kier molecular flexibility index (Phi) is 8.45. The molecule has 0 aliphatic carbocycles. The minimum atomic E-state index is -1.25. The van der Waals surface area contributed by atoms with Crippen molar-refractivity contribution in [1.29, 1.82) is 0 Å². The highest BCUT2D eigenvalue weighted by molar-refractivity contribution is 8.01. The lowest BCUT2D eigenvalue weighted by Crippen LogP contribution is -2.74. The number of aromatic nitrogens is 5. The van der Waals surface area contributed by atoms with Crippen LogP contribution in [0, 0.1) is 5.41 Å². The highest BCUT2D eigenvalue weighted by Gasteiger charge is 2.59. The maximum absolute atomic E-state index is 13.2. The van der Waals surface area contributed by atoms with E-state index in [9.17, 15) is 24.3 Å². The van der Waals surface area contributed by atoms with Crippen LogP contribution in [0.15, 0.2) is 28.5 Å². The number of carboxylic acid groups (broad SMARTS) is 1. The van der Waals surface area contributed by atoms with Crippen LogP contribution in [0.3, 0.4) is 0 Å². The summed E-state index contributed by atoms with van der Waals surface area (Å²) in [5, 5.41) is 32.0. The van der Waals surface area contributed by atoms with Crippen molar-refractivity contribution in [3.63, 3.8) is 0 Å². The Balaban J connectivity index is 1.48. The van der Waals surface area contributed by atoms with Gasteiger partial charge in [-0.25, -0.2) is 10.1 Å². The lowest BCUT2D eigenvalue weighted by molar-refractivity contribution is -0.158. The molecule has 4 atom stereocenters. The average molecular weight is 564 g/mol. The molecule has 2 aliphatic heterocycles. The van der Waals surface area contributed by atoms with E-state index in [0.29, 0.717) is 18.0 Å². The second-order valence-electron chi connectivity index (χ2n) is 8.49. The van der Waals surface area contributed by atoms with Gasteiger partial charge in [-0.15, -0.1) is 16.9 Å². The van der Waals surface area contributed by atoms with Crippen LogP contribution in [0.4, 0.5) is 5.82 Å². The van der Waals surface area contributed by atoms with Crippen molar-refractivity contribution in [2.24, 2.45) is 10.6 Å². The van der Waals surface area contributed by atoms with E-state index in [2.05, 4.69) is 41.4 Å². The van der Waals surface area contributed by atoms with Crippen LogP contribution in [-0.4, -0.2) is 101 Å². The van der Waals surface area contributed by atoms with Crippen LogP contribution in [0.2, 0.25) is 0 Å². The number of pyridine rings is 1. The molecule has 15 nitrogen and oxygen atoms in total. The summed E-state index contributed by atoms with van der Waals surface area (Å²) in [5.74, 6) is -1.71. The summed E-state index contributed by atoms with van der Waals surface area (Å²) in [6, 6.07) is 3.77. The van der Waals surface area contributed by atoms with Crippen molar-refractivity contribution in [3.05, 3.63) is 23.9 Å². The Morgan fingerprint density at radius 3 is 2.97 bits per heavy atom. The number of thioether (sulfide) groups is 2. The van der Waals surface area contributed by atoms with Crippen LogP contribution in [-0.2, 0) is 24.0 Å². The number of nitrogens with one attached hydrogen (secondary N) is 3. The lowest BCUT2D eigenvalue weighted by Gasteiger charge is -2.54. The summed E-state index contributed by atoms with van der Waals surface area (Å²) in [7, 11) is 0. The number of carbonyl (C=O) groups excluding carboxylic acids is 3. The summed E-state index contributed by atoms with van der Waals surface area (Å²) in [6.07, 6.45) is 1.11. The van der Waals surface area contributed by atoms with Crippen molar-refractivity contribution in [1.82, 2.24) is 35.8 Å². The number of amides is 3. The molecule has 2 aromatic heterocycles. The predicted molar refractivity (Wildman–Crippen MR) is 136 cm³/mol. The number of hydrogen-bond donors (Lipinski definition) is 4. The van der Waals surface area contributed by atoms with Gasteiger partial charge in [0.25, 0.3) is 5.91 Å². The topological polar surface area (TPSA) is 205 Å². The first-order chi connectivity index (χ1) is 18.3. The normalized spacial score (nSPS) is 23.6. The van der Waals surface area contributed by atoms with Gasteiger partial charge in [0.2, 0.25) is 17.5 Å². The van der Waals surface area contributed by atoms with Crippen molar-refractivity contribution in [2.45, 2.75) is 42.1 Å². The van der Waals surface area contributed by atoms with Crippen LogP contribution < -0.4 is 10.6 Å². The van der Waals surface area contributed by atoms with Gasteiger partial charge in [-0.05, 0) is 29.0 Å². The molecule has 2 saturated heterocycles. The minimum absolute atomic E-state index is 0.0253. The van der Waals surface area contributed by atoms with E-state index in [-0.39, 0.29) is 36.1 Å². The molecule has 0 bridgehead atoms. The molecule has 38 heavy (non-hydrogen) atoms. The number of hydrogen-bond acceptors (Lipinski definition) is 12. The first-order valence-corrected chi connectivity index (χ1v) is 13.5. The van der Waals surface area contributed by atoms with Gasteiger partial charge >= 0.3 is 5.97 Å². The van der Waals surface area contributed by atoms with Crippen molar-refractivity contribution in [2.75, 3.05) is 24.2 Å². The van der Waals surface area contributed by atoms with Crippen LogP contribution in [0.5, 0.6) is 0 Å². The quantitative estimate of drug-likeness (QED) is 0.0670. The summed E-state index contributed by atoms with van der Waals surface area (Å²) >= 11 is 2.46. The Hall–Kier alpha value is -3.73. The van der Waals surface area contributed by atoms with Gasteiger partial charge in [-0.3, -0.25) is 19.2 Å². The first kappa shape index (κ1) is 27.3. The van der Waals surface area contributed by atoms with Crippen LogP contribution in [0.1, 0.15) is 26.0 Å². The van der Waals surface area contributed by atoms with Crippen molar-refractivity contribution < 1.29 is 29.1 Å². The first-order valence-electron chi connectivity index (χ1n) is 11.5. The second kappa shape index (κ2) is 11.8. The molecule has 202 valence electrons. The molecule has 0 aromatic carbocycles. The Labute approximate surface area is 224 Å². The molecular weight excluding hydrogens is 538 g/mol. The van der Waals surface area contributed by atoms with E-state index in [1.165, 1.54) is 34.5 Å². The molecular formula is C21H25N9O6S2. The largest absolute Gasteiger partial charge is 0.481 e. The molecule has 0 saturated carbocycles. The molecule has 17 heteroatoms. The SMILES string of the molecule is CCCON=C(C(=O)NC1C(=O)N2CC(C(=O)O)(C(C)Sc3nnn[nH]3)CS[C@H]12)c1cccc(NC=O)n1. The van der Waals surface area contributed by atoms with Crippen LogP contribution >= 0.6 is 23.5 Å². The third-order valence-corrected chi connectivity index (χ3v) is 8.83. The fourth-order valence-corrected chi connectivity index (χ4v) is 6.72. The van der Waals surface area contributed by atoms with Gasteiger partial charge in [0.05, 0.1) is 0 Å². The Bertz CT molecular complexity index is 1230. The molecule has 0 radical (unpaired) electrons. The number of H-pyrrole nitrogens is 1. The smallest absolute Gasteiger partial charge is 0.313 e. The average Bonchev–Trinajstić information content (AvgIpc) is 3.42. The fourth-order valence-electron chi connectivity index (χ4n) is 3.95. The number of carbonyl (C=O) groups is 4. The summed E-state index contributed by atoms with van der Waals surface area (Å²) < 4.78 is 0. The summed E-state index contributed by atoms with van der Waals surface area (Å²) in [6.45, 7) is 3.87. The number of fused-ring (bicyclic) bond motifs is 1.